The van der Waals surface area contributed by atoms with E-state index in [1.165, 1.54) is 42.5 Å². The number of likely N-dealkylation sites (tertiary alicyclic amines) is 1. The highest BCUT2D eigenvalue weighted by molar-refractivity contribution is 5.73. The third kappa shape index (κ3) is 7.86. The molecule has 1 spiro atoms. The summed E-state index contributed by atoms with van der Waals surface area (Å²) in [4.78, 5) is 16.5. The van der Waals surface area contributed by atoms with Gasteiger partial charge in [0.1, 0.15) is 5.60 Å². The number of carbonyl (C=O) groups is 1. The minimum Gasteiger partial charge on any atom is -0.441 e. The molecule has 0 atom stereocenters. The first kappa shape index (κ1) is 29.8. The summed E-state index contributed by atoms with van der Waals surface area (Å²) in [6, 6.07) is 0.634. The fourth-order valence-corrected chi connectivity index (χ4v) is 4.88. The van der Waals surface area contributed by atoms with Gasteiger partial charge in [0.25, 0.3) is 0 Å². The summed E-state index contributed by atoms with van der Waals surface area (Å²) in [5, 5.41) is 0. The summed E-state index contributed by atoms with van der Waals surface area (Å²) in [5.41, 5.74) is 4.22. The van der Waals surface area contributed by atoms with E-state index < -0.39 is 0 Å². The molecule has 0 radical (unpaired) electrons. The van der Waals surface area contributed by atoms with Gasteiger partial charge >= 0.3 is 6.09 Å². The molecule has 2 aliphatic heterocycles. The molecular weight excluding hydrogens is 470 g/mol. The maximum Gasteiger partial charge on any atom is 0.415 e. The van der Waals surface area contributed by atoms with Crippen LogP contribution in [0.3, 0.4) is 0 Å². The van der Waals surface area contributed by atoms with Crippen molar-refractivity contribution in [2.24, 2.45) is 5.92 Å². The first-order chi connectivity index (χ1) is 18.3. The van der Waals surface area contributed by atoms with Crippen LogP contribution in [0.2, 0.25) is 0 Å². The maximum atomic E-state index is 12.4. The van der Waals surface area contributed by atoms with Crippen molar-refractivity contribution in [3.63, 3.8) is 0 Å². The van der Waals surface area contributed by atoms with Gasteiger partial charge in [-0.3, -0.25) is 9.80 Å². The lowest BCUT2D eigenvalue weighted by Crippen LogP contribution is -2.46. The first-order valence-electron chi connectivity index (χ1n) is 14.4. The van der Waals surface area contributed by atoms with Gasteiger partial charge in [-0.2, -0.15) is 0 Å². The third-order valence-corrected chi connectivity index (χ3v) is 7.70. The fourth-order valence-electron chi connectivity index (χ4n) is 4.88. The molecule has 38 heavy (non-hydrogen) atoms. The highest BCUT2D eigenvalue weighted by Crippen LogP contribution is 2.40. The van der Waals surface area contributed by atoms with Gasteiger partial charge in [0.05, 0.1) is 6.54 Å². The van der Waals surface area contributed by atoms with Gasteiger partial charge in [0.2, 0.25) is 0 Å². The number of carbonyl (C=O) groups excluding carboxylic acids is 1. The molecule has 4 aliphatic rings. The number of aromatic nitrogens is 1. The largest absolute Gasteiger partial charge is 0.441 e. The van der Waals surface area contributed by atoms with Crippen molar-refractivity contribution in [3.8, 4) is 0 Å². The van der Waals surface area contributed by atoms with E-state index in [-0.39, 0.29) is 11.7 Å². The zero-order chi connectivity index (χ0) is 27.7. The Morgan fingerprint density at radius 2 is 1.68 bits per heavy atom. The van der Waals surface area contributed by atoms with Crippen molar-refractivity contribution >= 4 is 18.2 Å². The minimum absolute atomic E-state index is 0.265. The second kappa shape index (κ2) is 13.8. The smallest absolute Gasteiger partial charge is 0.415 e. The molecule has 208 valence electrons. The number of rotatable bonds is 7. The molecule has 5 heteroatoms. The van der Waals surface area contributed by atoms with Crippen LogP contribution in [0.5, 0.6) is 0 Å². The molecule has 0 aromatic carbocycles. The summed E-state index contributed by atoms with van der Waals surface area (Å²) in [6.07, 6.45) is 23.3. The molecular formula is C33H49N3O2. The molecule has 1 amide bonds. The molecule has 5 rings (SSSR count). The predicted molar refractivity (Wildman–Crippen MR) is 161 cm³/mol. The molecule has 3 heterocycles. The Morgan fingerprint density at radius 1 is 1.05 bits per heavy atom. The lowest BCUT2D eigenvalue weighted by molar-refractivity contribution is -0.00119. The van der Waals surface area contributed by atoms with Crippen LogP contribution in [0.1, 0.15) is 96.0 Å². The Hall–Kier alpha value is -2.79. The fraction of sp³-hybridized carbons (Fsp3) is 0.545. The molecule has 2 saturated heterocycles. The van der Waals surface area contributed by atoms with E-state index in [0.717, 1.165) is 38.4 Å². The lowest BCUT2D eigenvalue weighted by atomic mass is 9.91. The highest BCUT2D eigenvalue weighted by atomic mass is 16.6. The molecule has 0 N–H and O–H groups in total. The van der Waals surface area contributed by atoms with Gasteiger partial charge in [-0.05, 0) is 64.2 Å². The molecule has 1 aromatic rings. The van der Waals surface area contributed by atoms with Crippen LogP contribution in [0, 0.1) is 5.92 Å². The van der Waals surface area contributed by atoms with E-state index in [4.69, 9.17) is 4.74 Å². The van der Waals surface area contributed by atoms with Crippen LogP contribution in [-0.4, -0.2) is 45.7 Å². The number of ether oxygens (including phenoxy) is 1. The molecule has 5 nitrogen and oxygen atoms in total. The van der Waals surface area contributed by atoms with Crippen LogP contribution in [-0.2, 0) is 11.3 Å². The zero-order valence-corrected chi connectivity index (χ0v) is 24.4. The van der Waals surface area contributed by atoms with Crippen LogP contribution in [0.4, 0.5) is 4.79 Å². The summed E-state index contributed by atoms with van der Waals surface area (Å²) in [5.74, 6) is 1.08. The standard InChI is InChI=1S/C25H33N3O2.2C4H8/c1-5-8-19(4)28-18-25(30-24(28)29)12-14-26(15-13-25)16-20-17-27(21-10-11-21)23(7-3)22(20)9-6-2;1-4-2-3-4;1-3-4-2/h5-9,17,21H,3-4,10-16,18H2,1-2H3;4H,2-3H2,1H3;3-4H,1-2H3/b8-5-,9-6-;;4-3+. The summed E-state index contributed by atoms with van der Waals surface area (Å²) in [7, 11) is 0. The van der Waals surface area contributed by atoms with E-state index in [1.54, 1.807) is 4.90 Å². The zero-order valence-electron chi connectivity index (χ0n) is 24.4. The average molecular weight is 520 g/mol. The second-order valence-corrected chi connectivity index (χ2v) is 11.0. The predicted octanol–water partition coefficient (Wildman–Crippen LogP) is 8.37. The Bertz CT molecular complexity index is 1040. The average Bonchev–Trinajstić information content (AvgIpc) is 3.84. The van der Waals surface area contributed by atoms with E-state index in [1.807, 2.05) is 51.2 Å². The topological polar surface area (TPSA) is 37.7 Å². The van der Waals surface area contributed by atoms with Crippen LogP contribution < -0.4 is 0 Å². The molecule has 0 bridgehead atoms. The van der Waals surface area contributed by atoms with Crippen LogP contribution in [0.25, 0.3) is 12.2 Å². The number of nitrogens with zero attached hydrogens (tertiary/aromatic N) is 3. The maximum absolute atomic E-state index is 12.4. The van der Waals surface area contributed by atoms with E-state index >= 15 is 0 Å². The van der Waals surface area contributed by atoms with Gasteiger partial charge in [-0.1, -0.05) is 63.3 Å². The highest BCUT2D eigenvalue weighted by Gasteiger charge is 2.47. The normalized spacial score (nSPS) is 21.0. The minimum atomic E-state index is -0.378. The number of amides is 1. The Balaban J connectivity index is 0.000000433. The number of hydrogen-bond donors (Lipinski definition) is 0. The van der Waals surface area contributed by atoms with Crippen LogP contribution >= 0.6 is 0 Å². The summed E-state index contributed by atoms with van der Waals surface area (Å²) < 4.78 is 8.26. The monoisotopic (exact) mass is 519 g/mol. The van der Waals surface area contributed by atoms with Crippen molar-refractivity contribution in [2.45, 2.75) is 91.3 Å². The van der Waals surface area contributed by atoms with Gasteiger partial charge in [-0.25, -0.2) is 4.79 Å². The number of piperidine rings is 1. The van der Waals surface area contributed by atoms with Crippen LogP contribution in [0.15, 0.2) is 55.4 Å². The molecule has 1 aromatic heterocycles. The molecule has 0 unspecified atom stereocenters. The van der Waals surface area contributed by atoms with E-state index in [2.05, 4.69) is 54.8 Å². The quantitative estimate of drug-likeness (QED) is 0.268. The second-order valence-electron chi connectivity index (χ2n) is 11.0. The SMILES string of the molecule is C/C=C/C.C=Cc1c(/C=C\C)c(CN2CCC3(CC2)CN(C(=C)/C=C\C)C(=O)O3)cn1C1CC1.CC1CC1. The van der Waals surface area contributed by atoms with E-state index in [0.29, 0.717) is 18.3 Å². The van der Waals surface area contributed by atoms with E-state index in [9.17, 15) is 4.79 Å². The summed E-state index contributed by atoms with van der Waals surface area (Å²) >= 11 is 0. The molecule has 2 saturated carbocycles. The van der Waals surface area contributed by atoms with Crippen molar-refractivity contribution in [1.82, 2.24) is 14.4 Å². The lowest BCUT2D eigenvalue weighted by Gasteiger charge is -2.37. The van der Waals surface area contributed by atoms with Gasteiger partial charge in [0, 0.05) is 61.7 Å². The Labute approximate surface area is 231 Å². The molecule has 2 aliphatic carbocycles. The Morgan fingerprint density at radius 3 is 2.16 bits per heavy atom. The first-order valence-corrected chi connectivity index (χ1v) is 14.4. The number of allylic oxidation sites excluding steroid dienone is 5. The number of hydrogen-bond acceptors (Lipinski definition) is 3. The summed E-state index contributed by atoms with van der Waals surface area (Å²) in [6.45, 7) is 21.7. The van der Waals surface area contributed by atoms with Crippen molar-refractivity contribution in [2.75, 3.05) is 19.6 Å². The molecule has 4 fully saturated rings. The van der Waals surface area contributed by atoms with Gasteiger partial charge in [-0.15, -0.1) is 0 Å². The van der Waals surface area contributed by atoms with Crippen molar-refractivity contribution < 1.29 is 9.53 Å². The Kier molecular flexibility index (Phi) is 10.8. The van der Waals surface area contributed by atoms with Gasteiger partial charge in [0.15, 0.2) is 0 Å². The van der Waals surface area contributed by atoms with Crippen molar-refractivity contribution in [1.29, 1.82) is 0 Å². The third-order valence-electron chi connectivity index (χ3n) is 7.70. The van der Waals surface area contributed by atoms with Crippen molar-refractivity contribution in [3.05, 3.63) is 72.3 Å². The van der Waals surface area contributed by atoms with Gasteiger partial charge < -0.3 is 9.30 Å².